The SMILES string of the molecule is CCCC(=O)CC(=O)CCC.[AlH3]. The quantitative estimate of drug-likeness (QED) is 0.457. The van der Waals surface area contributed by atoms with Gasteiger partial charge in [0.1, 0.15) is 11.6 Å². The van der Waals surface area contributed by atoms with E-state index in [0.29, 0.717) is 12.8 Å². The molecule has 70 valence electrons. The number of carbonyl (C=O) groups is 2. The molecule has 0 bridgehead atoms. The van der Waals surface area contributed by atoms with Gasteiger partial charge in [0.15, 0.2) is 17.4 Å². The third-order valence-electron chi connectivity index (χ3n) is 1.45. The molecule has 0 N–H and O–H groups in total. The summed E-state index contributed by atoms with van der Waals surface area (Å²) in [5.74, 6) is 0.178. The molecule has 0 aromatic heterocycles. The summed E-state index contributed by atoms with van der Waals surface area (Å²) in [7, 11) is 0. The Bertz CT molecular complexity index is 127. The Morgan fingerprint density at radius 3 is 1.50 bits per heavy atom. The van der Waals surface area contributed by atoms with Crippen molar-refractivity contribution in [3.05, 3.63) is 0 Å². The third-order valence-corrected chi connectivity index (χ3v) is 1.45. The highest BCUT2D eigenvalue weighted by atomic mass is 27.0. The van der Waals surface area contributed by atoms with E-state index >= 15 is 0 Å². The lowest BCUT2D eigenvalue weighted by atomic mass is 10.1. The molecule has 0 amide bonds. The molecule has 0 aromatic carbocycles. The summed E-state index contributed by atoms with van der Waals surface area (Å²) >= 11 is 0. The average Bonchev–Trinajstić information content (AvgIpc) is 1.87. The molecule has 0 saturated heterocycles. The zero-order valence-corrected chi connectivity index (χ0v) is 7.35. The van der Waals surface area contributed by atoms with Crippen molar-refractivity contribution in [3.8, 4) is 0 Å². The zero-order valence-electron chi connectivity index (χ0n) is 7.35. The van der Waals surface area contributed by atoms with E-state index in [1.165, 1.54) is 0 Å². The van der Waals surface area contributed by atoms with E-state index in [9.17, 15) is 9.59 Å². The lowest BCUT2D eigenvalue weighted by Gasteiger charge is -1.96. The maximum absolute atomic E-state index is 10.9. The van der Waals surface area contributed by atoms with Crippen LogP contribution in [-0.4, -0.2) is 28.9 Å². The molecule has 0 aliphatic rings. The summed E-state index contributed by atoms with van der Waals surface area (Å²) in [5.41, 5.74) is 0. The highest BCUT2D eigenvalue weighted by Crippen LogP contribution is 1.99. The molecule has 0 atom stereocenters. The number of hydrogen-bond donors (Lipinski definition) is 0. The fourth-order valence-electron chi connectivity index (χ4n) is 0.954. The van der Waals surface area contributed by atoms with E-state index in [1.807, 2.05) is 13.8 Å². The Morgan fingerprint density at radius 1 is 0.917 bits per heavy atom. The summed E-state index contributed by atoms with van der Waals surface area (Å²) in [4.78, 5) is 21.8. The Kier molecular flexibility index (Phi) is 10.8. The van der Waals surface area contributed by atoms with Crippen molar-refractivity contribution in [1.29, 1.82) is 0 Å². The molecule has 0 aliphatic heterocycles. The number of rotatable bonds is 6. The fourth-order valence-corrected chi connectivity index (χ4v) is 0.954. The number of carbonyl (C=O) groups excluding carboxylic acids is 2. The minimum Gasteiger partial charge on any atom is -0.299 e. The van der Waals surface area contributed by atoms with Crippen LogP contribution >= 0.6 is 0 Å². The normalized spacial score (nSPS) is 8.83. The Hall–Kier alpha value is -0.128. The van der Waals surface area contributed by atoms with Gasteiger partial charge < -0.3 is 0 Å². The standard InChI is InChI=1S/C9H16O2.Al.3H/c1-3-5-8(10)7-9(11)6-4-2;;;;/h3-7H2,1-2H3;;;;. The van der Waals surface area contributed by atoms with Crippen molar-refractivity contribution in [2.45, 2.75) is 46.0 Å². The monoisotopic (exact) mass is 186 g/mol. The van der Waals surface area contributed by atoms with Crippen LogP contribution in [-0.2, 0) is 9.59 Å². The van der Waals surface area contributed by atoms with Crippen molar-refractivity contribution in [2.75, 3.05) is 0 Å². The van der Waals surface area contributed by atoms with Gasteiger partial charge in [-0.25, -0.2) is 0 Å². The maximum Gasteiger partial charge on any atom is 0.187 e. The van der Waals surface area contributed by atoms with Gasteiger partial charge in [-0.3, -0.25) is 9.59 Å². The minimum atomic E-state index is 0. The molecule has 0 aliphatic carbocycles. The lowest BCUT2D eigenvalue weighted by Crippen LogP contribution is -2.06. The highest BCUT2D eigenvalue weighted by Gasteiger charge is 2.06. The molecule has 0 heterocycles. The molecule has 0 saturated carbocycles. The van der Waals surface area contributed by atoms with Gasteiger partial charge in [-0.15, -0.1) is 0 Å². The van der Waals surface area contributed by atoms with Crippen molar-refractivity contribution in [2.24, 2.45) is 0 Å². The Morgan fingerprint density at radius 2 is 1.25 bits per heavy atom. The van der Waals surface area contributed by atoms with Crippen molar-refractivity contribution >= 4 is 28.9 Å². The molecule has 0 unspecified atom stereocenters. The van der Waals surface area contributed by atoms with Crippen LogP contribution in [0.1, 0.15) is 46.0 Å². The summed E-state index contributed by atoms with van der Waals surface area (Å²) in [5, 5.41) is 0. The van der Waals surface area contributed by atoms with Crippen LogP contribution < -0.4 is 0 Å². The molecular weight excluding hydrogens is 167 g/mol. The van der Waals surface area contributed by atoms with E-state index in [2.05, 4.69) is 0 Å². The average molecular weight is 186 g/mol. The van der Waals surface area contributed by atoms with Crippen LogP contribution in [0.5, 0.6) is 0 Å². The second-order valence-electron chi connectivity index (χ2n) is 2.75. The largest absolute Gasteiger partial charge is 0.299 e. The molecule has 0 rings (SSSR count). The van der Waals surface area contributed by atoms with E-state index in [0.717, 1.165) is 12.8 Å². The maximum atomic E-state index is 10.9. The van der Waals surface area contributed by atoms with Gasteiger partial charge in [0.05, 0.1) is 6.42 Å². The first-order valence-electron chi connectivity index (χ1n) is 4.24. The first-order valence-corrected chi connectivity index (χ1v) is 4.24. The smallest absolute Gasteiger partial charge is 0.187 e. The number of Topliss-reactive ketones (excluding diaryl/α,β-unsaturated/α-hetero) is 2. The summed E-state index contributed by atoms with van der Waals surface area (Å²) in [6.07, 6.45) is 2.95. The summed E-state index contributed by atoms with van der Waals surface area (Å²) in [6.45, 7) is 3.89. The Balaban J connectivity index is 0. The van der Waals surface area contributed by atoms with Crippen LogP contribution in [0.2, 0.25) is 0 Å². The molecule has 0 aromatic rings. The molecule has 0 radical (unpaired) electrons. The van der Waals surface area contributed by atoms with Crippen LogP contribution in [0.25, 0.3) is 0 Å². The highest BCUT2D eigenvalue weighted by molar-refractivity contribution is 5.98. The third kappa shape index (κ3) is 7.97. The minimum absolute atomic E-state index is 0. The molecule has 3 heteroatoms. The van der Waals surface area contributed by atoms with Crippen molar-refractivity contribution in [3.63, 3.8) is 0 Å². The van der Waals surface area contributed by atoms with Gasteiger partial charge in [0.25, 0.3) is 0 Å². The lowest BCUT2D eigenvalue weighted by molar-refractivity contribution is -0.127. The molecule has 12 heavy (non-hydrogen) atoms. The molecule has 2 nitrogen and oxygen atoms in total. The van der Waals surface area contributed by atoms with Gasteiger partial charge in [0, 0.05) is 12.8 Å². The second kappa shape index (κ2) is 8.96. The Labute approximate surface area is 84.9 Å². The molecule has 0 spiro atoms. The van der Waals surface area contributed by atoms with E-state index in [-0.39, 0.29) is 35.3 Å². The molecular formula is C9H19AlO2. The topological polar surface area (TPSA) is 34.1 Å². The second-order valence-corrected chi connectivity index (χ2v) is 2.75. The van der Waals surface area contributed by atoms with Gasteiger partial charge in [-0.2, -0.15) is 0 Å². The van der Waals surface area contributed by atoms with Crippen LogP contribution in [0.15, 0.2) is 0 Å². The number of hydrogen-bond acceptors (Lipinski definition) is 2. The van der Waals surface area contributed by atoms with E-state index in [1.54, 1.807) is 0 Å². The summed E-state index contributed by atoms with van der Waals surface area (Å²) < 4.78 is 0. The van der Waals surface area contributed by atoms with Crippen molar-refractivity contribution in [1.82, 2.24) is 0 Å². The van der Waals surface area contributed by atoms with E-state index in [4.69, 9.17) is 0 Å². The van der Waals surface area contributed by atoms with Crippen molar-refractivity contribution < 1.29 is 9.59 Å². The predicted molar refractivity (Wildman–Crippen MR) is 54.4 cm³/mol. The summed E-state index contributed by atoms with van der Waals surface area (Å²) in [6, 6.07) is 0. The van der Waals surface area contributed by atoms with Gasteiger partial charge in [-0.05, 0) is 12.8 Å². The first kappa shape index (κ1) is 14.4. The first-order chi connectivity index (χ1) is 5.20. The van der Waals surface area contributed by atoms with Crippen LogP contribution in [0, 0.1) is 0 Å². The van der Waals surface area contributed by atoms with Gasteiger partial charge in [-0.1, -0.05) is 13.8 Å². The van der Waals surface area contributed by atoms with Crippen LogP contribution in [0.4, 0.5) is 0 Å². The number of ketones is 2. The molecule has 0 fully saturated rings. The van der Waals surface area contributed by atoms with E-state index < -0.39 is 0 Å². The van der Waals surface area contributed by atoms with Crippen LogP contribution in [0.3, 0.4) is 0 Å². The zero-order chi connectivity index (χ0) is 8.69. The fraction of sp³-hybridized carbons (Fsp3) is 0.778. The van der Waals surface area contributed by atoms with Gasteiger partial charge >= 0.3 is 0 Å². The van der Waals surface area contributed by atoms with Gasteiger partial charge in [0.2, 0.25) is 0 Å². The predicted octanol–water partition coefficient (Wildman–Crippen LogP) is 0.931.